The molecule has 6 heterocycles. The standard InChI is InChI=1S/C85H110O24SSi/c1-53(86)30-39-74(87)102-68-37-41-76(96-54(68)2)106-81-56(4)98-78(46-71(81)93-50-62-31-32-63-26-20-21-29-65(63)44-62)105-72-47-79(99-58(6)83(72)108-85(88)64-27-18-13-19-28-64)103-69-38-40-75(95-55(69)3)104-73-48-80(100-59(7)84(73)109-110(89,90)51-61-24-16-12-17-25-61)107-82-57(5)97-77(45-70(82)92-49-60-22-14-11-15-23-60)101-67-35-33-66(34-36-67)94-52-91-42-43-111(8,9)10/h11-29,31-36,44,54-59,68-73,75-84H,30,37-43,45-52H2,1-10H3/t54-,55-,56+,57+,58+,59+,68-,69-,70+,71+,72+,73+,75-,76-,77-,78-,79-,80-,81+,82+,83+,84+/m0/s1. The van der Waals surface area contributed by atoms with Crippen molar-refractivity contribution in [3.63, 3.8) is 0 Å². The van der Waals surface area contributed by atoms with Gasteiger partial charge in [-0.05, 0) is 137 Å². The Labute approximate surface area is 653 Å². The lowest BCUT2D eigenvalue weighted by atomic mass is 9.99. The Morgan fingerprint density at radius 1 is 0.441 bits per heavy atom. The molecule has 6 saturated heterocycles. The van der Waals surface area contributed by atoms with Crippen LogP contribution in [0.1, 0.15) is 140 Å². The molecule has 0 amide bonds. The van der Waals surface area contributed by atoms with Crippen molar-refractivity contribution >= 4 is 46.7 Å². The minimum absolute atomic E-state index is 0.00231. The molecule has 604 valence electrons. The zero-order valence-corrected chi connectivity index (χ0v) is 67.0. The van der Waals surface area contributed by atoms with E-state index in [0.717, 1.165) is 27.9 Å². The Hall–Kier alpha value is -6.64. The van der Waals surface area contributed by atoms with Gasteiger partial charge in [0.1, 0.15) is 53.6 Å². The van der Waals surface area contributed by atoms with Crippen LogP contribution in [0.4, 0.5) is 0 Å². The number of hydrogen-bond acceptors (Lipinski definition) is 24. The largest absolute Gasteiger partial charge is 0.468 e. The van der Waals surface area contributed by atoms with Gasteiger partial charge in [0.05, 0.1) is 86.2 Å². The van der Waals surface area contributed by atoms with Gasteiger partial charge in [-0.25, -0.2) is 4.79 Å². The fourth-order valence-electron chi connectivity index (χ4n) is 14.8. The number of fused-ring (bicyclic) bond motifs is 1. The summed E-state index contributed by atoms with van der Waals surface area (Å²) in [5.41, 5.74) is 2.82. The molecule has 6 aliphatic heterocycles. The molecule has 0 aliphatic carbocycles. The van der Waals surface area contributed by atoms with Crippen LogP contribution in [0.15, 0.2) is 158 Å². The highest BCUT2D eigenvalue weighted by atomic mass is 32.2. The van der Waals surface area contributed by atoms with Crippen molar-refractivity contribution in [3.8, 4) is 11.5 Å². The van der Waals surface area contributed by atoms with E-state index in [1.54, 1.807) is 55.5 Å². The average molecular weight is 1580 g/mol. The molecule has 0 unspecified atom stereocenters. The second-order valence-corrected chi connectivity index (χ2v) is 38.3. The molecule has 0 saturated carbocycles. The normalized spacial score (nSPS) is 31.4. The van der Waals surface area contributed by atoms with Gasteiger partial charge in [0.15, 0.2) is 44.3 Å². The van der Waals surface area contributed by atoms with Crippen LogP contribution in [0.5, 0.6) is 11.5 Å². The average Bonchev–Trinajstić information content (AvgIpc) is 0.796. The number of Topliss-reactive ketones (excluding diaryl/α,β-unsaturated/α-hetero) is 1. The van der Waals surface area contributed by atoms with Crippen molar-refractivity contribution in [1.29, 1.82) is 0 Å². The SMILES string of the molecule is CC(=O)CCC(=O)O[C@H]1CC[C@H](O[C@@H]2[C@@H](C)O[C@@H](O[C@@H]3C[C@H](O[C@H]4CC[C@H](O[C@@H]5C[C@H](O[C@@H]6[C@@H](C)O[C@@H](Oc7ccc(OCOCC[Si](C)(C)C)cc7)C[C@H]6OCc6ccccc6)O[C@H](C)[C@H]5OS(=O)(=O)Cc5ccccc5)O[C@H]4C)O[C@H](C)[C@H]3OC(=O)c3ccccc3)C[C@H]2OCc2ccc3ccccc3c2)O[C@H]1C. The third-order valence-electron chi connectivity index (χ3n) is 20.9. The van der Waals surface area contributed by atoms with Crippen LogP contribution >= 0.6 is 0 Å². The van der Waals surface area contributed by atoms with E-state index in [-0.39, 0.29) is 70.1 Å². The lowest BCUT2D eigenvalue weighted by molar-refractivity contribution is -0.340. The summed E-state index contributed by atoms with van der Waals surface area (Å²) in [6, 6.07) is 50.1. The molecule has 6 aromatic carbocycles. The van der Waals surface area contributed by atoms with Crippen molar-refractivity contribution in [2.24, 2.45) is 0 Å². The van der Waals surface area contributed by atoms with Crippen LogP contribution in [0.2, 0.25) is 25.7 Å². The molecule has 24 nitrogen and oxygen atoms in total. The number of esters is 2. The van der Waals surface area contributed by atoms with E-state index in [9.17, 15) is 22.8 Å². The number of carbonyl (C=O) groups excluding carboxylic acids is 3. The van der Waals surface area contributed by atoms with E-state index in [0.29, 0.717) is 54.9 Å². The quantitative estimate of drug-likeness (QED) is 0.0119. The highest BCUT2D eigenvalue weighted by Crippen LogP contribution is 2.40. The minimum atomic E-state index is -4.23. The third-order valence-corrected chi connectivity index (χ3v) is 23.8. The van der Waals surface area contributed by atoms with Crippen LogP contribution in [-0.4, -0.2) is 183 Å². The van der Waals surface area contributed by atoms with Crippen LogP contribution in [0.25, 0.3) is 10.8 Å². The Bertz CT molecular complexity index is 4010. The predicted molar refractivity (Wildman–Crippen MR) is 411 cm³/mol. The maximum Gasteiger partial charge on any atom is 0.338 e. The van der Waals surface area contributed by atoms with Crippen molar-refractivity contribution in [3.05, 3.63) is 180 Å². The smallest absolute Gasteiger partial charge is 0.338 e. The maximum atomic E-state index is 14.1. The molecule has 0 radical (unpaired) electrons. The predicted octanol–water partition coefficient (Wildman–Crippen LogP) is 14.0. The van der Waals surface area contributed by atoms with Crippen LogP contribution < -0.4 is 9.47 Å². The number of hydrogen-bond donors (Lipinski definition) is 0. The maximum absolute atomic E-state index is 14.1. The second-order valence-electron chi connectivity index (χ2n) is 31.1. The summed E-state index contributed by atoms with van der Waals surface area (Å²) in [5, 5.41) is 2.17. The topological polar surface area (TPSA) is 261 Å². The van der Waals surface area contributed by atoms with Gasteiger partial charge in [-0.15, -0.1) is 0 Å². The number of carbonyl (C=O) groups is 3. The van der Waals surface area contributed by atoms with Crippen LogP contribution in [-0.2, 0) is 119 Å². The molecule has 26 heteroatoms. The lowest BCUT2D eigenvalue weighted by Gasteiger charge is -2.46. The van der Waals surface area contributed by atoms with E-state index < -0.39 is 166 Å². The Morgan fingerprint density at radius 2 is 0.928 bits per heavy atom. The van der Waals surface area contributed by atoms with Gasteiger partial charge in [-0.3, -0.25) is 8.98 Å². The summed E-state index contributed by atoms with van der Waals surface area (Å²) in [6.45, 7) is 20.7. The van der Waals surface area contributed by atoms with Crippen molar-refractivity contribution in [2.75, 3.05) is 13.4 Å². The first-order valence-electron chi connectivity index (χ1n) is 39.2. The molecule has 6 fully saturated rings. The van der Waals surface area contributed by atoms with E-state index >= 15 is 0 Å². The number of ether oxygens (including phenoxy) is 18. The van der Waals surface area contributed by atoms with Gasteiger partial charge >= 0.3 is 11.9 Å². The highest BCUT2D eigenvalue weighted by molar-refractivity contribution is 7.85. The van der Waals surface area contributed by atoms with Crippen LogP contribution in [0.3, 0.4) is 0 Å². The first-order chi connectivity index (χ1) is 53.4. The number of ketones is 1. The van der Waals surface area contributed by atoms with Crippen molar-refractivity contribution in [2.45, 2.75) is 293 Å². The molecule has 111 heavy (non-hydrogen) atoms. The minimum Gasteiger partial charge on any atom is -0.468 e. The molecule has 0 spiro atoms. The zero-order valence-electron chi connectivity index (χ0n) is 65.2. The van der Waals surface area contributed by atoms with Gasteiger partial charge in [-0.2, -0.15) is 8.42 Å². The van der Waals surface area contributed by atoms with Gasteiger partial charge in [0.25, 0.3) is 10.1 Å². The molecule has 0 bridgehead atoms. The Kier molecular flexibility index (Phi) is 29.9. The highest BCUT2D eigenvalue weighted by Gasteiger charge is 2.50. The molecule has 0 aromatic heterocycles. The van der Waals surface area contributed by atoms with Crippen molar-refractivity contribution in [1.82, 2.24) is 0 Å². The molecule has 6 aromatic rings. The van der Waals surface area contributed by atoms with Gasteiger partial charge in [0, 0.05) is 59.6 Å². The summed E-state index contributed by atoms with van der Waals surface area (Å²) in [7, 11) is -5.46. The molecule has 22 atom stereocenters. The fourth-order valence-corrected chi connectivity index (χ4v) is 16.9. The molecule has 0 N–H and O–H groups in total. The first kappa shape index (κ1) is 83.8. The molecular formula is C85H110O24SSi. The van der Waals surface area contributed by atoms with E-state index in [1.165, 1.54) is 6.92 Å². The Balaban J connectivity index is 0.718. The molecule has 12 rings (SSSR count). The molecular weight excluding hydrogens is 1470 g/mol. The summed E-state index contributed by atoms with van der Waals surface area (Å²) in [4.78, 5) is 38.3. The third kappa shape index (κ3) is 24.7. The second kappa shape index (κ2) is 39.6. The lowest BCUT2D eigenvalue weighted by Crippen LogP contribution is -2.57. The van der Waals surface area contributed by atoms with Gasteiger partial charge in [0.2, 0.25) is 6.29 Å². The monoisotopic (exact) mass is 1570 g/mol. The Morgan fingerprint density at radius 3 is 1.56 bits per heavy atom. The summed E-state index contributed by atoms with van der Waals surface area (Å²) < 4.78 is 152. The van der Waals surface area contributed by atoms with Gasteiger partial charge in [-0.1, -0.05) is 135 Å². The molecule has 6 aliphatic rings. The van der Waals surface area contributed by atoms with E-state index in [1.807, 2.05) is 120 Å². The summed E-state index contributed by atoms with van der Waals surface area (Å²) in [6.07, 6.45) is -13.9. The van der Waals surface area contributed by atoms with E-state index in [4.69, 9.17) is 89.4 Å². The van der Waals surface area contributed by atoms with Crippen LogP contribution in [0, 0.1) is 0 Å². The van der Waals surface area contributed by atoms with Gasteiger partial charge < -0.3 is 90.1 Å². The van der Waals surface area contributed by atoms with E-state index in [2.05, 4.69) is 43.9 Å². The summed E-state index contributed by atoms with van der Waals surface area (Å²) in [5.74, 6) is -0.272. The fraction of sp³-hybridized carbons (Fsp3) is 0.565. The van der Waals surface area contributed by atoms with Crippen molar-refractivity contribution < 1.29 is 112 Å². The number of rotatable bonds is 34. The first-order valence-corrected chi connectivity index (χ1v) is 44.5. The number of benzene rings is 6. The summed E-state index contributed by atoms with van der Waals surface area (Å²) >= 11 is 0. The zero-order chi connectivity index (χ0) is 78.2.